The lowest BCUT2D eigenvalue weighted by atomic mass is 10.1. The summed E-state index contributed by atoms with van der Waals surface area (Å²) in [5.74, 6) is -0.567. The number of Topliss-reactive ketones (excluding diaryl/α,β-unsaturated/α-hetero) is 1. The van der Waals surface area contributed by atoms with Gasteiger partial charge in [0.25, 0.3) is 0 Å². The maximum Gasteiger partial charge on any atom is 0.437 e. The van der Waals surface area contributed by atoms with Gasteiger partial charge in [-0.2, -0.15) is 4.68 Å². The largest absolute Gasteiger partial charge is 0.493 e. The number of nitrogens with zero attached hydrogens (tertiary/aromatic N) is 2. The molecule has 0 atom stereocenters. The van der Waals surface area contributed by atoms with Crippen molar-refractivity contribution in [3.05, 3.63) is 70.0 Å². The van der Waals surface area contributed by atoms with Gasteiger partial charge in [0.1, 0.15) is 18.1 Å². The van der Waals surface area contributed by atoms with Gasteiger partial charge in [0, 0.05) is 17.5 Å². The van der Waals surface area contributed by atoms with Gasteiger partial charge < -0.3 is 9.15 Å². The molecule has 3 aromatic rings. The van der Waals surface area contributed by atoms with E-state index in [1.807, 2.05) is 0 Å². The van der Waals surface area contributed by atoms with Crippen molar-refractivity contribution in [2.45, 2.75) is 13.0 Å². The summed E-state index contributed by atoms with van der Waals surface area (Å²) in [7, 11) is 0. The van der Waals surface area contributed by atoms with Gasteiger partial charge in [0.05, 0.1) is 6.61 Å². The van der Waals surface area contributed by atoms with Gasteiger partial charge in [-0.15, -0.1) is 5.10 Å². The fraction of sp³-hybridized carbons (Fsp3) is 0.167. The molecule has 0 fully saturated rings. The smallest absolute Gasteiger partial charge is 0.437 e. The number of ketones is 1. The van der Waals surface area contributed by atoms with Crippen LogP contribution in [-0.2, 0) is 13.0 Å². The lowest BCUT2D eigenvalue weighted by Gasteiger charge is -2.03. The lowest BCUT2D eigenvalue weighted by Crippen LogP contribution is -2.21. The van der Waals surface area contributed by atoms with Crippen molar-refractivity contribution < 1.29 is 18.3 Å². The minimum Gasteiger partial charge on any atom is -0.493 e. The molecule has 0 amide bonds. The average molecular weight is 340 g/mol. The molecule has 0 spiro atoms. The number of benzene rings is 2. The van der Waals surface area contributed by atoms with Crippen LogP contribution in [0.4, 0.5) is 4.39 Å². The van der Waals surface area contributed by atoms with Crippen LogP contribution in [0.25, 0.3) is 11.5 Å². The van der Waals surface area contributed by atoms with Gasteiger partial charge in [-0.05, 0) is 48.0 Å². The fourth-order valence-electron chi connectivity index (χ4n) is 2.70. The van der Waals surface area contributed by atoms with Gasteiger partial charge >= 0.3 is 5.76 Å². The molecule has 1 aromatic heterocycles. The Hall–Kier alpha value is -3.22. The lowest BCUT2D eigenvalue weighted by molar-refractivity contribution is 0.0965. The van der Waals surface area contributed by atoms with Gasteiger partial charge in [0.15, 0.2) is 5.78 Å². The van der Waals surface area contributed by atoms with E-state index >= 15 is 0 Å². The molecule has 1 aliphatic rings. The van der Waals surface area contributed by atoms with Crippen LogP contribution in [0.3, 0.4) is 0 Å². The van der Waals surface area contributed by atoms with Gasteiger partial charge in [-0.3, -0.25) is 4.79 Å². The summed E-state index contributed by atoms with van der Waals surface area (Å²) in [6.07, 6.45) is 0.759. The highest BCUT2D eigenvalue weighted by molar-refractivity contribution is 5.96. The highest BCUT2D eigenvalue weighted by atomic mass is 19.1. The first-order valence-corrected chi connectivity index (χ1v) is 7.73. The Morgan fingerprint density at radius 3 is 2.80 bits per heavy atom. The van der Waals surface area contributed by atoms with E-state index in [9.17, 15) is 14.0 Å². The highest BCUT2D eigenvalue weighted by Gasteiger charge is 2.18. The predicted octanol–water partition coefficient (Wildman–Crippen LogP) is 2.46. The Balaban J connectivity index is 1.57. The normalized spacial score (nSPS) is 12.7. The van der Waals surface area contributed by atoms with E-state index in [0.717, 1.165) is 22.4 Å². The molecule has 7 heteroatoms. The van der Waals surface area contributed by atoms with E-state index in [2.05, 4.69) is 5.10 Å². The standard InChI is InChI=1S/C18H13FN2O4/c19-14-4-1-11(2-5-14)17-20-21(18(23)25-17)10-15(22)12-3-6-16-13(9-12)7-8-24-16/h1-6,9H,7-8,10H2. The number of rotatable bonds is 4. The van der Waals surface area contributed by atoms with Crippen molar-refractivity contribution in [2.75, 3.05) is 6.61 Å². The van der Waals surface area contributed by atoms with Crippen LogP contribution < -0.4 is 10.5 Å². The third-order valence-corrected chi connectivity index (χ3v) is 4.00. The first-order chi connectivity index (χ1) is 12.1. The SMILES string of the molecule is O=C(Cn1nc(-c2ccc(F)cc2)oc1=O)c1ccc2c(c1)CCO2. The monoisotopic (exact) mass is 340 g/mol. The number of aromatic nitrogens is 2. The average Bonchev–Trinajstić information content (AvgIpc) is 3.21. The molecule has 0 N–H and O–H groups in total. The maximum atomic E-state index is 13.0. The summed E-state index contributed by atoms with van der Waals surface area (Å²) >= 11 is 0. The van der Waals surface area contributed by atoms with Crippen molar-refractivity contribution in [1.82, 2.24) is 9.78 Å². The predicted molar refractivity (Wildman–Crippen MR) is 86.1 cm³/mol. The summed E-state index contributed by atoms with van der Waals surface area (Å²) in [5, 5.41) is 4.02. The van der Waals surface area contributed by atoms with Crippen LogP contribution in [0.2, 0.25) is 0 Å². The number of hydrogen-bond acceptors (Lipinski definition) is 5. The molecular formula is C18H13FN2O4. The second-order valence-corrected chi connectivity index (χ2v) is 5.68. The first-order valence-electron chi connectivity index (χ1n) is 7.73. The zero-order valence-corrected chi connectivity index (χ0v) is 13.1. The van der Waals surface area contributed by atoms with Crippen molar-refractivity contribution in [3.63, 3.8) is 0 Å². The minimum atomic E-state index is -0.739. The number of fused-ring (bicyclic) bond motifs is 1. The zero-order chi connectivity index (χ0) is 17.4. The Morgan fingerprint density at radius 2 is 2.00 bits per heavy atom. The molecule has 0 aliphatic carbocycles. The quantitative estimate of drug-likeness (QED) is 0.682. The van der Waals surface area contributed by atoms with Crippen molar-refractivity contribution in [3.8, 4) is 17.2 Å². The molecule has 6 nitrogen and oxygen atoms in total. The number of hydrogen-bond donors (Lipinski definition) is 0. The summed E-state index contributed by atoms with van der Waals surface area (Å²) in [6.45, 7) is 0.375. The van der Waals surface area contributed by atoms with E-state index in [1.165, 1.54) is 24.3 Å². The van der Waals surface area contributed by atoms with E-state index in [4.69, 9.17) is 9.15 Å². The molecule has 126 valence electrons. The molecular weight excluding hydrogens is 327 g/mol. The molecule has 0 radical (unpaired) electrons. The van der Waals surface area contributed by atoms with E-state index < -0.39 is 11.6 Å². The van der Waals surface area contributed by atoms with E-state index in [0.29, 0.717) is 17.7 Å². The van der Waals surface area contributed by atoms with Crippen LogP contribution in [-0.4, -0.2) is 22.2 Å². The van der Waals surface area contributed by atoms with E-state index in [-0.39, 0.29) is 18.2 Å². The van der Waals surface area contributed by atoms with Crippen molar-refractivity contribution in [2.24, 2.45) is 0 Å². The zero-order valence-electron chi connectivity index (χ0n) is 13.1. The van der Waals surface area contributed by atoms with Crippen molar-refractivity contribution >= 4 is 5.78 Å². The van der Waals surface area contributed by atoms with Crippen LogP contribution in [0, 0.1) is 5.82 Å². The van der Waals surface area contributed by atoms with E-state index in [1.54, 1.807) is 18.2 Å². The molecule has 0 saturated carbocycles. The summed E-state index contributed by atoms with van der Waals surface area (Å²) in [4.78, 5) is 24.3. The van der Waals surface area contributed by atoms with Crippen LogP contribution in [0.5, 0.6) is 5.75 Å². The molecule has 0 saturated heterocycles. The summed E-state index contributed by atoms with van der Waals surface area (Å²) < 4.78 is 24.4. The fourth-order valence-corrected chi connectivity index (χ4v) is 2.70. The Kier molecular flexibility index (Phi) is 3.68. The summed E-state index contributed by atoms with van der Waals surface area (Å²) in [5.41, 5.74) is 1.92. The molecule has 2 heterocycles. The number of carbonyl (C=O) groups is 1. The molecule has 1 aliphatic heterocycles. The summed E-state index contributed by atoms with van der Waals surface area (Å²) in [6, 6.07) is 10.6. The van der Waals surface area contributed by atoms with Crippen LogP contribution >= 0.6 is 0 Å². The Morgan fingerprint density at radius 1 is 1.20 bits per heavy atom. The molecule has 0 unspecified atom stereocenters. The molecule has 0 bridgehead atoms. The number of carbonyl (C=O) groups excluding carboxylic acids is 1. The third-order valence-electron chi connectivity index (χ3n) is 4.00. The second kappa shape index (κ2) is 6.01. The number of halogens is 1. The Bertz CT molecular complexity index is 1000. The third kappa shape index (κ3) is 2.96. The maximum absolute atomic E-state index is 13.0. The molecule has 25 heavy (non-hydrogen) atoms. The van der Waals surface area contributed by atoms with Crippen LogP contribution in [0.15, 0.2) is 51.7 Å². The minimum absolute atomic E-state index is 0.0418. The van der Waals surface area contributed by atoms with Gasteiger partial charge in [-0.1, -0.05) is 0 Å². The number of ether oxygens (including phenoxy) is 1. The second-order valence-electron chi connectivity index (χ2n) is 5.68. The van der Waals surface area contributed by atoms with Gasteiger partial charge in [-0.25, -0.2) is 9.18 Å². The highest BCUT2D eigenvalue weighted by Crippen LogP contribution is 2.26. The topological polar surface area (TPSA) is 74.3 Å². The van der Waals surface area contributed by atoms with Gasteiger partial charge in [0.2, 0.25) is 5.89 Å². The Labute approximate surface area is 141 Å². The van der Waals surface area contributed by atoms with Crippen molar-refractivity contribution in [1.29, 1.82) is 0 Å². The molecule has 4 rings (SSSR count). The molecule has 2 aromatic carbocycles. The first kappa shape index (κ1) is 15.3. The van der Waals surface area contributed by atoms with Crippen LogP contribution in [0.1, 0.15) is 15.9 Å².